The standard InChI is InChI=1S/C14H10F2N2O2S/c15-11-2-1-9(7-17)10(5-11)8-21(19,20)14-4-3-12(16)6-13(14)18/h1-6H,8,18H2. The van der Waals surface area contributed by atoms with Crippen LogP contribution in [0.4, 0.5) is 14.5 Å². The summed E-state index contributed by atoms with van der Waals surface area (Å²) in [7, 11) is -3.92. The molecule has 0 aliphatic carbocycles. The fourth-order valence-corrected chi connectivity index (χ4v) is 3.37. The number of hydrogen-bond acceptors (Lipinski definition) is 4. The van der Waals surface area contributed by atoms with E-state index in [4.69, 9.17) is 11.0 Å². The van der Waals surface area contributed by atoms with Gasteiger partial charge in [-0.1, -0.05) is 0 Å². The predicted octanol–water partition coefficient (Wildman–Crippen LogP) is 2.39. The predicted molar refractivity (Wildman–Crippen MR) is 72.8 cm³/mol. The van der Waals surface area contributed by atoms with Crippen molar-refractivity contribution in [3.8, 4) is 6.07 Å². The molecule has 4 nitrogen and oxygen atoms in total. The lowest BCUT2D eigenvalue weighted by Gasteiger charge is -2.09. The number of anilines is 1. The number of nitrogens with zero attached hydrogens (tertiary/aromatic N) is 1. The van der Waals surface area contributed by atoms with Crippen molar-refractivity contribution in [1.82, 2.24) is 0 Å². The maximum Gasteiger partial charge on any atom is 0.184 e. The van der Waals surface area contributed by atoms with Crippen molar-refractivity contribution in [3.05, 3.63) is 59.2 Å². The molecule has 2 N–H and O–H groups in total. The molecule has 0 heterocycles. The van der Waals surface area contributed by atoms with E-state index in [-0.39, 0.29) is 21.7 Å². The van der Waals surface area contributed by atoms with Gasteiger partial charge in [0.1, 0.15) is 11.6 Å². The number of nitrogen functional groups attached to an aromatic ring is 1. The molecular weight excluding hydrogens is 298 g/mol. The molecule has 0 radical (unpaired) electrons. The third-order valence-corrected chi connectivity index (χ3v) is 4.57. The van der Waals surface area contributed by atoms with E-state index in [1.54, 1.807) is 6.07 Å². The highest BCUT2D eigenvalue weighted by atomic mass is 32.2. The van der Waals surface area contributed by atoms with Gasteiger partial charge in [0.2, 0.25) is 0 Å². The Labute approximate surface area is 120 Å². The Kier molecular flexibility index (Phi) is 3.91. The first kappa shape index (κ1) is 14.9. The third-order valence-electron chi connectivity index (χ3n) is 2.84. The Morgan fingerprint density at radius 3 is 2.33 bits per heavy atom. The second-order valence-electron chi connectivity index (χ2n) is 4.35. The van der Waals surface area contributed by atoms with Gasteiger partial charge < -0.3 is 5.73 Å². The summed E-state index contributed by atoms with van der Waals surface area (Å²) in [4.78, 5) is -0.253. The van der Waals surface area contributed by atoms with Crippen LogP contribution in [-0.4, -0.2) is 8.42 Å². The number of nitriles is 1. The Morgan fingerprint density at radius 2 is 1.71 bits per heavy atom. The van der Waals surface area contributed by atoms with E-state index in [2.05, 4.69) is 0 Å². The lowest BCUT2D eigenvalue weighted by Crippen LogP contribution is -2.09. The maximum absolute atomic E-state index is 13.2. The van der Waals surface area contributed by atoms with Crippen LogP contribution in [0.15, 0.2) is 41.3 Å². The maximum atomic E-state index is 13.2. The van der Waals surface area contributed by atoms with E-state index in [1.807, 2.05) is 0 Å². The summed E-state index contributed by atoms with van der Waals surface area (Å²) in [6, 6.07) is 7.96. The summed E-state index contributed by atoms with van der Waals surface area (Å²) >= 11 is 0. The van der Waals surface area contributed by atoms with Gasteiger partial charge in [-0.05, 0) is 42.0 Å². The van der Waals surface area contributed by atoms with Crippen LogP contribution in [-0.2, 0) is 15.6 Å². The van der Waals surface area contributed by atoms with Gasteiger partial charge in [0, 0.05) is 0 Å². The molecule has 0 saturated heterocycles. The van der Waals surface area contributed by atoms with Crippen molar-refractivity contribution in [2.45, 2.75) is 10.6 Å². The van der Waals surface area contributed by atoms with E-state index in [1.165, 1.54) is 6.07 Å². The minimum atomic E-state index is -3.92. The molecule has 2 rings (SSSR count). The Morgan fingerprint density at radius 1 is 1.10 bits per heavy atom. The first-order chi connectivity index (χ1) is 9.83. The van der Waals surface area contributed by atoms with Crippen LogP contribution in [0, 0.1) is 23.0 Å². The van der Waals surface area contributed by atoms with Gasteiger partial charge in [-0.15, -0.1) is 0 Å². The average molecular weight is 308 g/mol. The van der Waals surface area contributed by atoms with Crippen molar-refractivity contribution in [3.63, 3.8) is 0 Å². The minimum absolute atomic E-state index is 0.0289. The van der Waals surface area contributed by atoms with E-state index in [9.17, 15) is 17.2 Å². The zero-order valence-corrected chi connectivity index (χ0v) is 11.5. The van der Waals surface area contributed by atoms with Gasteiger partial charge in [0.05, 0.1) is 28.0 Å². The molecule has 108 valence electrons. The molecular formula is C14H10F2N2O2S. The minimum Gasteiger partial charge on any atom is -0.398 e. The highest BCUT2D eigenvalue weighted by Gasteiger charge is 2.21. The summed E-state index contributed by atoms with van der Waals surface area (Å²) in [6.07, 6.45) is 0. The lowest BCUT2D eigenvalue weighted by atomic mass is 10.1. The Bertz CT molecular complexity index is 843. The van der Waals surface area contributed by atoms with Crippen LogP contribution in [0.25, 0.3) is 0 Å². The molecule has 0 fully saturated rings. The van der Waals surface area contributed by atoms with Gasteiger partial charge in [-0.25, -0.2) is 17.2 Å². The fourth-order valence-electron chi connectivity index (χ4n) is 1.88. The molecule has 0 atom stereocenters. The molecule has 0 amide bonds. The molecule has 2 aromatic carbocycles. The van der Waals surface area contributed by atoms with E-state index < -0.39 is 27.2 Å². The molecule has 7 heteroatoms. The highest BCUT2D eigenvalue weighted by molar-refractivity contribution is 7.90. The van der Waals surface area contributed by atoms with Crippen LogP contribution in [0.5, 0.6) is 0 Å². The van der Waals surface area contributed by atoms with Crippen molar-refractivity contribution >= 4 is 15.5 Å². The highest BCUT2D eigenvalue weighted by Crippen LogP contribution is 2.24. The first-order valence-corrected chi connectivity index (χ1v) is 7.45. The second kappa shape index (κ2) is 5.50. The van der Waals surface area contributed by atoms with E-state index in [0.717, 1.165) is 30.3 Å². The average Bonchev–Trinajstić information content (AvgIpc) is 2.37. The summed E-state index contributed by atoms with van der Waals surface area (Å²) in [5.41, 5.74) is 5.36. The zero-order chi connectivity index (χ0) is 15.6. The van der Waals surface area contributed by atoms with Crippen LogP contribution in [0.2, 0.25) is 0 Å². The van der Waals surface area contributed by atoms with Crippen molar-refractivity contribution in [2.75, 3.05) is 5.73 Å². The molecule has 0 unspecified atom stereocenters. The molecule has 0 aliphatic heterocycles. The number of nitrogens with two attached hydrogens (primary N) is 1. The Balaban J connectivity index is 2.47. The summed E-state index contributed by atoms with van der Waals surface area (Å²) in [6.45, 7) is 0. The van der Waals surface area contributed by atoms with Crippen LogP contribution in [0.3, 0.4) is 0 Å². The zero-order valence-electron chi connectivity index (χ0n) is 10.7. The van der Waals surface area contributed by atoms with Crippen molar-refractivity contribution < 1.29 is 17.2 Å². The van der Waals surface area contributed by atoms with Gasteiger partial charge in [0.25, 0.3) is 0 Å². The summed E-state index contributed by atoms with van der Waals surface area (Å²) in [5.74, 6) is -1.90. The molecule has 0 aromatic heterocycles. The Hall–Kier alpha value is -2.46. The normalized spacial score (nSPS) is 11.1. The van der Waals surface area contributed by atoms with Crippen LogP contribution < -0.4 is 5.73 Å². The second-order valence-corrected chi connectivity index (χ2v) is 6.31. The number of hydrogen-bond donors (Lipinski definition) is 1. The van der Waals surface area contributed by atoms with E-state index >= 15 is 0 Å². The van der Waals surface area contributed by atoms with Crippen LogP contribution >= 0.6 is 0 Å². The molecule has 0 saturated carbocycles. The van der Waals surface area contributed by atoms with Gasteiger partial charge >= 0.3 is 0 Å². The van der Waals surface area contributed by atoms with Crippen molar-refractivity contribution in [2.24, 2.45) is 0 Å². The number of halogens is 2. The molecule has 0 spiro atoms. The first-order valence-electron chi connectivity index (χ1n) is 5.80. The van der Waals surface area contributed by atoms with Crippen molar-refractivity contribution in [1.29, 1.82) is 5.26 Å². The molecule has 0 bridgehead atoms. The van der Waals surface area contributed by atoms with E-state index in [0.29, 0.717) is 0 Å². The SMILES string of the molecule is N#Cc1ccc(F)cc1CS(=O)(=O)c1ccc(F)cc1N. The molecule has 21 heavy (non-hydrogen) atoms. The van der Waals surface area contributed by atoms with Gasteiger partial charge in [0.15, 0.2) is 9.84 Å². The number of rotatable bonds is 3. The molecule has 0 aliphatic rings. The van der Waals surface area contributed by atoms with Crippen LogP contribution in [0.1, 0.15) is 11.1 Å². The lowest BCUT2D eigenvalue weighted by molar-refractivity contribution is 0.594. The van der Waals surface area contributed by atoms with Gasteiger partial charge in [-0.3, -0.25) is 0 Å². The summed E-state index contributed by atoms with van der Waals surface area (Å²) in [5, 5.41) is 8.93. The monoisotopic (exact) mass is 308 g/mol. The van der Waals surface area contributed by atoms with Gasteiger partial charge in [-0.2, -0.15) is 5.26 Å². The summed E-state index contributed by atoms with van der Waals surface area (Å²) < 4.78 is 50.7. The number of benzene rings is 2. The smallest absolute Gasteiger partial charge is 0.184 e. The quantitative estimate of drug-likeness (QED) is 0.697. The molecule has 2 aromatic rings. The number of sulfone groups is 1. The fraction of sp³-hybridized carbons (Fsp3) is 0.0714. The largest absolute Gasteiger partial charge is 0.398 e. The topological polar surface area (TPSA) is 84.0 Å². The third kappa shape index (κ3) is 3.17.